The van der Waals surface area contributed by atoms with Gasteiger partial charge in [0.2, 0.25) is 0 Å². The molecule has 0 heterocycles. The zero-order valence-electron chi connectivity index (χ0n) is 12.6. The first kappa shape index (κ1) is 15.8. The predicted molar refractivity (Wildman–Crippen MR) is 88.8 cm³/mol. The molecule has 0 aliphatic heterocycles. The third kappa shape index (κ3) is 4.18. The first-order valence-corrected chi connectivity index (χ1v) is 7.81. The van der Waals surface area contributed by atoms with Crippen molar-refractivity contribution in [3.05, 3.63) is 70.7 Å². The molecule has 0 bridgehead atoms. The van der Waals surface area contributed by atoms with Gasteiger partial charge in [0.15, 0.2) is 0 Å². The lowest BCUT2D eigenvalue weighted by Gasteiger charge is -2.22. The molecule has 0 N–H and O–H groups in total. The molecule has 0 amide bonds. The minimum absolute atomic E-state index is 0.0353. The summed E-state index contributed by atoms with van der Waals surface area (Å²) < 4.78 is 0. The van der Waals surface area contributed by atoms with E-state index in [1.807, 2.05) is 42.5 Å². The maximum atomic E-state index is 12.8. The zero-order valence-corrected chi connectivity index (χ0v) is 13.3. The number of benzene rings is 2. The number of ketones is 1. The second-order valence-electron chi connectivity index (χ2n) is 5.54. The van der Waals surface area contributed by atoms with Gasteiger partial charge in [0.1, 0.15) is 5.78 Å². The van der Waals surface area contributed by atoms with Crippen molar-refractivity contribution in [2.45, 2.75) is 32.6 Å². The summed E-state index contributed by atoms with van der Waals surface area (Å²) in [4.78, 5) is 12.8. The lowest BCUT2D eigenvalue weighted by atomic mass is 9.80. The molecule has 0 spiro atoms. The number of halogens is 1. The summed E-state index contributed by atoms with van der Waals surface area (Å²) in [5, 5.41) is 0.702. The molecule has 0 aliphatic rings. The van der Waals surface area contributed by atoms with Crippen molar-refractivity contribution in [3.63, 3.8) is 0 Å². The van der Waals surface area contributed by atoms with Crippen LogP contribution < -0.4 is 0 Å². The van der Waals surface area contributed by atoms with E-state index in [9.17, 15) is 4.79 Å². The highest BCUT2D eigenvalue weighted by Crippen LogP contribution is 2.29. The third-order valence-corrected chi connectivity index (χ3v) is 4.26. The van der Waals surface area contributed by atoms with Crippen LogP contribution in [0, 0.1) is 5.92 Å². The molecule has 0 aliphatic carbocycles. The summed E-state index contributed by atoms with van der Waals surface area (Å²) in [6.07, 6.45) is 1.45. The fourth-order valence-corrected chi connectivity index (χ4v) is 2.77. The molecule has 2 aromatic rings. The van der Waals surface area contributed by atoms with Gasteiger partial charge >= 0.3 is 0 Å². The van der Waals surface area contributed by atoms with Crippen molar-refractivity contribution < 1.29 is 4.79 Å². The number of carbonyl (C=O) groups excluding carboxylic acids is 1. The second-order valence-corrected chi connectivity index (χ2v) is 5.98. The maximum absolute atomic E-state index is 12.8. The van der Waals surface area contributed by atoms with E-state index in [0.717, 1.165) is 17.5 Å². The van der Waals surface area contributed by atoms with Gasteiger partial charge < -0.3 is 0 Å². The first-order chi connectivity index (χ1) is 10.1. The number of carbonyl (C=O) groups is 1. The van der Waals surface area contributed by atoms with Crippen LogP contribution in [-0.4, -0.2) is 5.78 Å². The molecule has 0 aromatic heterocycles. The van der Waals surface area contributed by atoms with Gasteiger partial charge in [-0.2, -0.15) is 0 Å². The lowest BCUT2D eigenvalue weighted by molar-refractivity contribution is -0.120. The van der Waals surface area contributed by atoms with Crippen molar-refractivity contribution >= 4 is 17.4 Å². The largest absolute Gasteiger partial charge is 0.299 e. The number of rotatable bonds is 6. The summed E-state index contributed by atoms with van der Waals surface area (Å²) in [5.74, 6) is 0.581. The molecule has 1 nitrogen and oxygen atoms in total. The molecule has 2 aromatic carbocycles. The van der Waals surface area contributed by atoms with Crippen LogP contribution in [0.3, 0.4) is 0 Å². The van der Waals surface area contributed by atoms with E-state index in [1.165, 1.54) is 0 Å². The highest BCUT2D eigenvalue weighted by Gasteiger charge is 2.25. The van der Waals surface area contributed by atoms with Gasteiger partial charge in [-0.1, -0.05) is 74.3 Å². The van der Waals surface area contributed by atoms with Crippen LogP contribution in [0.4, 0.5) is 0 Å². The summed E-state index contributed by atoms with van der Waals surface area (Å²) in [7, 11) is 0. The van der Waals surface area contributed by atoms with Crippen LogP contribution in [0.25, 0.3) is 0 Å². The van der Waals surface area contributed by atoms with E-state index in [1.54, 1.807) is 0 Å². The van der Waals surface area contributed by atoms with Crippen molar-refractivity contribution in [1.82, 2.24) is 0 Å². The van der Waals surface area contributed by atoms with Crippen molar-refractivity contribution in [1.29, 1.82) is 0 Å². The van der Waals surface area contributed by atoms with E-state index in [4.69, 9.17) is 11.6 Å². The van der Waals surface area contributed by atoms with Gasteiger partial charge in [-0.3, -0.25) is 4.79 Å². The normalized spacial score (nSPS) is 13.7. The first-order valence-electron chi connectivity index (χ1n) is 7.44. The molecule has 2 unspecified atom stereocenters. The quantitative estimate of drug-likeness (QED) is 0.709. The van der Waals surface area contributed by atoms with Crippen molar-refractivity contribution in [2.75, 3.05) is 0 Å². The van der Waals surface area contributed by atoms with Crippen LogP contribution in [-0.2, 0) is 11.2 Å². The van der Waals surface area contributed by atoms with Crippen molar-refractivity contribution in [2.24, 2.45) is 5.92 Å². The molecule has 0 radical (unpaired) electrons. The zero-order chi connectivity index (χ0) is 15.2. The van der Waals surface area contributed by atoms with Gasteiger partial charge in [-0.15, -0.1) is 0 Å². The van der Waals surface area contributed by atoms with Gasteiger partial charge in [0.25, 0.3) is 0 Å². The maximum Gasteiger partial charge on any atom is 0.144 e. The molecular formula is C19H21ClO. The van der Waals surface area contributed by atoms with E-state index >= 15 is 0 Å². The Morgan fingerprint density at radius 1 is 1.05 bits per heavy atom. The lowest BCUT2D eigenvalue weighted by Crippen LogP contribution is -2.21. The average Bonchev–Trinajstić information content (AvgIpc) is 2.50. The van der Waals surface area contributed by atoms with Gasteiger partial charge in [-0.25, -0.2) is 0 Å². The SMILES string of the molecule is CCC(C)C(C(=O)Cc1ccc(Cl)cc1)c1ccccc1. The van der Waals surface area contributed by atoms with E-state index in [0.29, 0.717) is 17.4 Å². The Labute approximate surface area is 132 Å². The molecular weight excluding hydrogens is 280 g/mol. The number of hydrogen-bond donors (Lipinski definition) is 0. The van der Waals surface area contributed by atoms with E-state index < -0.39 is 0 Å². The Hall–Kier alpha value is -1.60. The fourth-order valence-electron chi connectivity index (χ4n) is 2.64. The minimum Gasteiger partial charge on any atom is -0.299 e. The van der Waals surface area contributed by atoms with Gasteiger partial charge in [0, 0.05) is 17.4 Å². The Morgan fingerprint density at radius 3 is 2.24 bits per heavy atom. The topological polar surface area (TPSA) is 17.1 Å². The second kappa shape index (κ2) is 7.42. The Morgan fingerprint density at radius 2 is 1.67 bits per heavy atom. The molecule has 2 rings (SSSR count). The highest BCUT2D eigenvalue weighted by molar-refractivity contribution is 6.30. The van der Waals surface area contributed by atoms with Crippen molar-refractivity contribution in [3.8, 4) is 0 Å². The van der Waals surface area contributed by atoms with E-state index in [2.05, 4.69) is 26.0 Å². The molecule has 0 fully saturated rings. The highest BCUT2D eigenvalue weighted by atomic mass is 35.5. The van der Waals surface area contributed by atoms with Crippen LogP contribution in [0.5, 0.6) is 0 Å². The fraction of sp³-hybridized carbons (Fsp3) is 0.316. The third-order valence-electron chi connectivity index (χ3n) is 4.01. The van der Waals surface area contributed by atoms with Gasteiger partial charge in [-0.05, 0) is 29.2 Å². The Balaban J connectivity index is 2.20. The summed E-state index contributed by atoms with van der Waals surface area (Å²) >= 11 is 5.89. The average molecular weight is 301 g/mol. The Kier molecular flexibility index (Phi) is 5.58. The van der Waals surface area contributed by atoms with Crippen LogP contribution in [0.15, 0.2) is 54.6 Å². The smallest absolute Gasteiger partial charge is 0.144 e. The Bertz CT molecular complexity index is 574. The molecule has 2 atom stereocenters. The molecule has 110 valence electrons. The minimum atomic E-state index is -0.0353. The molecule has 0 saturated heterocycles. The van der Waals surface area contributed by atoms with Crippen LogP contribution in [0.1, 0.15) is 37.3 Å². The van der Waals surface area contributed by atoms with Crippen LogP contribution >= 0.6 is 11.6 Å². The monoisotopic (exact) mass is 300 g/mol. The molecule has 0 saturated carbocycles. The van der Waals surface area contributed by atoms with Gasteiger partial charge in [0.05, 0.1) is 0 Å². The standard InChI is InChI=1S/C19H21ClO/c1-3-14(2)19(16-7-5-4-6-8-16)18(21)13-15-9-11-17(20)12-10-15/h4-12,14,19H,3,13H2,1-2H3. The molecule has 2 heteroatoms. The molecule has 21 heavy (non-hydrogen) atoms. The number of hydrogen-bond acceptors (Lipinski definition) is 1. The van der Waals surface area contributed by atoms with Crippen LogP contribution in [0.2, 0.25) is 5.02 Å². The van der Waals surface area contributed by atoms with E-state index in [-0.39, 0.29) is 11.7 Å². The number of Topliss-reactive ketones (excluding diaryl/α,β-unsaturated/α-hetero) is 1. The summed E-state index contributed by atoms with van der Waals surface area (Å²) in [6, 6.07) is 17.6. The summed E-state index contributed by atoms with van der Waals surface area (Å²) in [6.45, 7) is 4.29. The summed E-state index contributed by atoms with van der Waals surface area (Å²) in [5.41, 5.74) is 2.14. The predicted octanol–water partition coefficient (Wildman–Crippen LogP) is 5.28.